The van der Waals surface area contributed by atoms with E-state index >= 15 is 0 Å². The fourth-order valence-corrected chi connectivity index (χ4v) is 3.02. The quantitative estimate of drug-likeness (QED) is 0.318. The molecule has 0 bridgehead atoms. The highest BCUT2D eigenvalue weighted by Gasteiger charge is 2.07. The molecule has 29 heavy (non-hydrogen) atoms. The molecule has 1 heterocycles. The zero-order chi connectivity index (χ0) is 20.5. The van der Waals surface area contributed by atoms with E-state index in [4.69, 9.17) is 15.2 Å². The lowest BCUT2D eigenvalue weighted by atomic mass is 10.2. The number of amides is 1. The average molecular weight is 411 g/mol. The number of nitrogen functional groups attached to an aromatic ring is 1. The Balaban J connectivity index is 1.43. The lowest BCUT2D eigenvalue weighted by Gasteiger charge is -2.10. The van der Waals surface area contributed by atoms with Crippen molar-refractivity contribution in [2.45, 2.75) is 13.3 Å². The first kappa shape index (κ1) is 20.3. The number of hydrogen-bond donors (Lipinski definition) is 2. The number of benzene rings is 2. The van der Waals surface area contributed by atoms with E-state index in [1.165, 1.54) is 11.3 Å². The molecule has 3 N–H and O–H groups in total. The number of carbonyl (C=O) groups is 1. The number of carbonyl (C=O) groups excluding carboxylic acids is 1. The first-order valence-electron chi connectivity index (χ1n) is 8.91. The Kier molecular flexibility index (Phi) is 7.12. The third kappa shape index (κ3) is 6.58. The van der Waals surface area contributed by atoms with E-state index in [9.17, 15) is 4.79 Å². The molecule has 0 unspecified atom stereocenters. The minimum Gasteiger partial charge on any atom is -0.490 e. The fourth-order valence-electron chi connectivity index (χ4n) is 2.41. The van der Waals surface area contributed by atoms with E-state index in [0.29, 0.717) is 29.1 Å². The number of para-hydroxylation sites is 1. The molecule has 0 radical (unpaired) electrons. The molecule has 0 atom stereocenters. The fraction of sp³-hybridized carbons (Fsp3) is 0.200. The number of aryl methyl sites for hydroxylation is 1. The van der Waals surface area contributed by atoms with Gasteiger partial charge >= 0.3 is 0 Å². The smallest absolute Gasteiger partial charge is 0.247 e. The van der Waals surface area contributed by atoms with Gasteiger partial charge in [-0.25, -0.2) is 5.43 Å². The molecule has 0 fully saturated rings. The number of nitrogens with two attached hydrogens (primary N) is 1. The van der Waals surface area contributed by atoms with Crippen LogP contribution >= 0.6 is 11.3 Å². The SMILES string of the molecule is Cc1ccccc1OCCOc1cccc(/C=N\NC(=O)Cc2nnc(N)s2)c1. The number of aromatic nitrogens is 2. The van der Waals surface area contributed by atoms with Gasteiger partial charge < -0.3 is 15.2 Å². The van der Waals surface area contributed by atoms with E-state index in [1.807, 2.05) is 55.5 Å². The molecule has 0 spiro atoms. The molecule has 0 aliphatic rings. The number of ether oxygens (including phenoxy) is 2. The zero-order valence-corrected chi connectivity index (χ0v) is 16.7. The Morgan fingerprint density at radius 2 is 2.00 bits per heavy atom. The van der Waals surface area contributed by atoms with Crippen molar-refractivity contribution in [3.8, 4) is 11.5 Å². The van der Waals surface area contributed by atoms with E-state index < -0.39 is 0 Å². The Hall–Kier alpha value is -3.46. The number of hydrogen-bond acceptors (Lipinski definition) is 8. The molecule has 1 aromatic heterocycles. The number of hydrazone groups is 1. The van der Waals surface area contributed by atoms with Gasteiger partial charge in [0.25, 0.3) is 0 Å². The Bertz CT molecular complexity index is 990. The second-order valence-electron chi connectivity index (χ2n) is 6.04. The molecule has 150 valence electrons. The first-order chi connectivity index (χ1) is 14.1. The molecule has 8 nitrogen and oxygen atoms in total. The van der Waals surface area contributed by atoms with Gasteiger partial charge in [-0.05, 0) is 36.2 Å². The largest absolute Gasteiger partial charge is 0.490 e. The van der Waals surface area contributed by atoms with Crippen LogP contribution < -0.4 is 20.6 Å². The average Bonchev–Trinajstić information content (AvgIpc) is 3.11. The molecular formula is C20H21N5O3S. The lowest BCUT2D eigenvalue weighted by molar-refractivity contribution is -0.120. The summed E-state index contributed by atoms with van der Waals surface area (Å²) >= 11 is 1.17. The zero-order valence-electron chi connectivity index (χ0n) is 15.9. The molecule has 3 rings (SSSR count). The Morgan fingerprint density at radius 1 is 1.17 bits per heavy atom. The number of nitrogens with one attached hydrogen (secondary N) is 1. The topological polar surface area (TPSA) is 112 Å². The molecule has 0 saturated heterocycles. The van der Waals surface area contributed by atoms with Crippen molar-refractivity contribution >= 4 is 28.6 Å². The van der Waals surface area contributed by atoms with Gasteiger partial charge in [-0.3, -0.25) is 4.79 Å². The highest BCUT2D eigenvalue weighted by molar-refractivity contribution is 7.15. The van der Waals surface area contributed by atoms with Crippen molar-refractivity contribution < 1.29 is 14.3 Å². The first-order valence-corrected chi connectivity index (χ1v) is 9.73. The number of nitrogens with zero attached hydrogens (tertiary/aromatic N) is 3. The number of rotatable bonds is 9. The molecule has 9 heteroatoms. The number of anilines is 1. The monoisotopic (exact) mass is 411 g/mol. The normalized spacial score (nSPS) is 10.8. The van der Waals surface area contributed by atoms with Crippen LogP contribution in [0.3, 0.4) is 0 Å². The summed E-state index contributed by atoms with van der Waals surface area (Å²) in [6, 6.07) is 15.2. The maximum Gasteiger partial charge on any atom is 0.247 e. The summed E-state index contributed by atoms with van der Waals surface area (Å²) in [4.78, 5) is 11.8. The molecule has 2 aromatic carbocycles. The maximum atomic E-state index is 11.8. The summed E-state index contributed by atoms with van der Waals surface area (Å²) in [5, 5.41) is 12.3. The van der Waals surface area contributed by atoms with Gasteiger partial charge in [0.2, 0.25) is 11.0 Å². The van der Waals surface area contributed by atoms with Crippen molar-refractivity contribution in [2.24, 2.45) is 5.10 Å². The van der Waals surface area contributed by atoms with Crippen LogP contribution in [0.5, 0.6) is 11.5 Å². The van der Waals surface area contributed by atoms with E-state index in [1.54, 1.807) is 6.21 Å². The van der Waals surface area contributed by atoms with Crippen molar-refractivity contribution in [1.29, 1.82) is 0 Å². The van der Waals surface area contributed by atoms with E-state index in [-0.39, 0.29) is 12.3 Å². The van der Waals surface area contributed by atoms with Crippen molar-refractivity contribution in [1.82, 2.24) is 15.6 Å². The highest BCUT2D eigenvalue weighted by Crippen LogP contribution is 2.16. The third-order valence-corrected chi connectivity index (χ3v) is 4.51. The minimum absolute atomic E-state index is 0.0796. The van der Waals surface area contributed by atoms with Crippen LogP contribution in [-0.2, 0) is 11.2 Å². The van der Waals surface area contributed by atoms with Gasteiger partial charge in [-0.15, -0.1) is 10.2 Å². The Labute approximate surface area is 172 Å². The van der Waals surface area contributed by atoms with E-state index in [0.717, 1.165) is 16.9 Å². The Morgan fingerprint density at radius 3 is 2.79 bits per heavy atom. The second kappa shape index (κ2) is 10.2. The predicted octanol–water partition coefficient (Wildman–Crippen LogP) is 2.58. The van der Waals surface area contributed by atoms with Crippen LogP contribution in [0.4, 0.5) is 5.13 Å². The van der Waals surface area contributed by atoms with Gasteiger partial charge in [0.1, 0.15) is 29.7 Å². The predicted molar refractivity (Wildman–Crippen MR) is 112 cm³/mol. The summed E-state index contributed by atoms with van der Waals surface area (Å²) in [7, 11) is 0. The summed E-state index contributed by atoms with van der Waals surface area (Å²) in [5.74, 6) is 1.25. The van der Waals surface area contributed by atoms with Crippen LogP contribution in [0.1, 0.15) is 16.1 Å². The summed E-state index contributed by atoms with van der Waals surface area (Å²) in [6.45, 7) is 2.85. The lowest BCUT2D eigenvalue weighted by Crippen LogP contribution is -2.19. The summed E-state index contributed by atoms with van der Waals surface area (Å²) in [6.07, 6.45) is 1.62. The molecule has 0 aliphatic carbocycles. The standard InChI is InChI=1S/C20H21N5O3S/c1-14-5-2-3-8-17(14)28-10-9-27-16-7-4-6-15(11-16)13-22-23-18(26)12-19-24-25-20(21)29-19/h2-8,11,13H,9-10,12H2,1H3,(H2,21,25)(H,23,26)/b22-13-. The second-order valence-corrected chi connectivity index (χ2v) is 7.13. The van der Waals surface area contributed by atoms with Crippen LogP contribution in [0.2, 0.25) is 0 Å². The van der Waals surface area contributed by atoms with Gasteiger partial charge in [-0.1, -0.05) is 41.7 Å². The molecule has 0 aliphatic heterocycles. The van der Waals surface area contributed by atoms with Crippen molar-refractivity contribution in [3.05, 3.63) is 64.7 Å². The summed E-state index contributed by atoms with van der Waals surface area (Å²) in [5.41, 5.74) is 9.82. The van der Waals surface area contributed by atoms with Gasteiger partial charge in [0, 0.05) is 0 Å². The minimum atomic E-state index is -0.293. The molecule has 1 amide bonds. The maximum absolute atomic E-state index is 11.8. The van der Waals surface area contributed by atoms with E-state index in [2.05, 4.69) is 20.7 Å². The molecule has 0 saturated carbocycles. The van der Waals surface area contributed by atoms with Crippen LogP contribution in [0, 0.1) is 6.92 Å². The molecule has 3 aromatic rings. The van der Waals surface area contributed by atoms with Crippen LogP contribution in [-0.4, -0.2) is 35.5 Å². The van der Waals surface area contributed by atoms with Gasteiger partial charge in [-0.2, -0.15) is 5.10 Å². The van der Waals surface area contributed by atoms with Crippen molar-refractivity contribution in [2.75, 3.05) is 18.9 Å². The van der Waals surface area contributed by atoms with Gasteiger partial charge in [0.05, 0.1) is 12.6 Å². The summed E-state index contributed by atoms with van der Waals surface area (Å²) < 4.78 is 11.4. The van der Waals surface area contributed by atoms with Gasteiger partial charge in [0.15, 0.2) is 0 Å². The third-order valence-electron chi connectivity index (χ3n) is 3.76. The van der Waals surface area contributed by atoms with Crippen molar-refractivity contribution in [3.63, 3.8) is 0 Å². The van der Waals surface area contributed by atoms with Crippen LogP contribution in [0.15, 0.2) is 53.6 Å². The van der Waals surface area contributed by atoms with Crippen LogP contribution in [0.25, 0.3) is 0 Å². The highest BCUT2D eigenvalue weighted by atomic mass is 32.1. The molecular weight excluding hydrogens is 390 g/mol.